The van der Waals surface area contributed by atoms with E-state index in [1.165, 1.54) is 0 Å². The minimum atomic E-state index is 0.461. The van der Waals surface area contributed by atoms with Gasteiger partial charge in [0.1, 0.15) is 12.4 Å². The van der Waals surface area contributed by atoms with Gasteiger partial charge in [-0.05, 0) is 49.5 Å². The first-order valence-electron chi connectivity index (χ1n) is 8.49. The Morgan fingerprint density at radius 1 is 1.04 bits per heavy atom. The van der Waals surface area contributed by atoms with E-state index in [1.54, 1.807) is 12.4 Å². The van der Waals surface area contributed by atoms with Crippen LogP contribution in [0.25, 0.3) is 22.8 Å². The minimum Gasteiger partial charge on any atom is -0.492 e. The van der Waals surface area contributed by atoms with Crippen LogP contribution in [0.1, 0.15) is 13.8 Å². The van der Waals surface area contributed by atoms with Crippen LogP contribution in [-0.4, -0.2) is 46.3 Å². The molecule has 0 amide bonds. The molecular formula is C19H22N4O2. The predicted molar refractivity (Wildman–Crippen MR) is 96.2 cm³/mol. The van der Waals surface area contributed by atoms with Crippen molar-refractivity contribution in [1.29, 1.82) is 0 Å². The molecule has 0 saturated heterocycles. The summed E-state index contributed by atoms with van der Waals surface area (Å²) < 4.78 is 11.1. The van der Waals surface area contributed by atoms with Crippen molar-refractivity contribution in [3.63, 3.8) is 0 Å². The van der Waals surface area contributed by atoms with Crippen LogP contribution >= 0.6 is 0 Å². The highest BCUT2D eigenvalue weighted by Crippen LogP contribution is 2.23. The number of hydrogen-bond donors (Lipinski definition) is 0. The molecule has 0 atom stereocenters. The molecule has 0 saturated carbocycles. The maximum atomic E-state index is 5.79. The predicted octanol–water partition coefficient (Wildman–Crippen LogP) is 3.52. The summed E-state index contributed by atoms with van der Waals surface area (Å²) in [5, 5.41) is 4.04. The zero-order chi connectivity index (χ0) is 17.5. The average molecular weight is 338 g/mol. The molecule has 130 valence electrons. The molecular weight excluding hydrogens is 316 g/mol. The summed E-state index contributed by atoms with van der Waals surface area (Å²) in [7, 11) is 0. The van der Waals surface area contributed by atoms with Crippen molar-refractivity contribution >= 4 is 0 Å². The van der Waals surface area contributed by atoms with Gasteiger partial charge in [0.25, 0.3) is 5.89 Å². The van der Waals surface area contributed by atoms with Gasteiger partial charge in [0.15, 0.2) is 0 Å². The van der Waals surface area contributed by atoms with Crippen LogP contribution in [0.4, 0.5) is 0 Å². The maximum absolute atomic E-state index is 5.79. The smallest absolute Gasteiger partial charge is 0.259 e. The lowest BCUT2D eigenvalue weighted by Gasteiger charge is -2.17. The standard InChI is InChI=1S/C19H22N4O2/c1-3-23(4-2)12-13-24-17-9-7-15(8-10-17)18-21-19(25-22-18)16-6-5-11-20-14-16/h5-11,14H,3-4,12-13H2,1-2H3. The zero-order valence-electron chi connectivity index (χ0n) is 14.6. The van der Waals surface area contributed by atoms with Gasteiger partial charge in [-0.25, -0.2) is 0 Å². The Kier molecular flexibility index (Phi) is 5.74. The number of ether oxygens (including phenoxy) is 1. The van der Waals surface area contributed by atoms with Gasteiger partial charge in [-0.15, -0.1) is 0 Å². The number of hydrogen-bond acceptors (Lipinski definition) is 6. The topological polar surface area (TPSA) is 64.3 Å². The molecule has 0 N–H and O–H groups in total. The van der Waals surface area contributed by atoms with Crippen LogP contribution in [0.3, 0.4) is 0 Å². The molecule has 2 heterocycles. The molecule has 6 heteroatoms. The lowest BCUT2D eigenvalue weighted by molar-refractivity contribution is 0.223. The van der Waals surface area contributed by atoms with Gasteiger partial charge in [0.2, 0.25) is 5.82 Å². The van der Waals surface area contributed by atoms with Crippen molar-refractivity contribution in [3.05, 3.63) is 48.8 Å². The Morgan fingerprint density at radius 3 is 2.52 bits per heavy atom. The lowest BCUT2D eigenvalue weighted by Crippen LogP contribution is -2.27. The fourth-order valence-electron chi connectivity index (χ4n) is 2.48. The SMILES string of the molecule is CCN(CC)CCOc1ccc(-c2noc(-c3cccnc3)n2)cc1. The summed E-state index contributed by atoms with van der Waals surface area (Å²) in [6.07, 6.45) is 3.41. The molecule has 0 spiro atoms. The first kappa shape index (κ1) is 17.1. The Bertz CT molecular complexity index is 768. The molecule has 25 heavy (non-hydrogen) atoms. The monoisotopic (exact) mass is 338 g/mol. The van der Waals surface area contributed by atoms with E-state index in [0.717, 1.165) is 36.5 Å². The van der Waals surface area contributed by atoms with Crippen molar-refractivity contribution in [2.24, 2.45) is 0 Å². The van der Waals surface area contributed by atoms with Crippen LogP contribution in [-0.2, 0) is 0 Å². The molecule has 0 fully saturated rings. The van der Waals surface area contributed by atoms with E-state index in [9.17, 15) is 0 Å². The van der Waals surface area contributed by atoms with Gasteiger partial charge in [0, 0.05) is 24.5 Å². The first-order chi connectivity index (χ1) is 12.3. The Labute approximate surface area is 147 Å². The minimum absolute atomic E-state index is 0.461. The van der Waals surface area contributed by atoms with Crippen LogP contribution < -0.4 is 4.74 Å². The van der Waals surface area contributed by atoms with Crippen LogP contribution in [0.15, 0.2) is 53.3 Å². The Balaban J connectivity index is 1.62. The molecule has 3 rings (SSSR count). The van der Waals surface area contributed by atoms with E-state index in [1.807, 2.05) is 36.4 Å². The van der Waals surface area contributed by atoms with Crippen molar-refractivity contribution in [3.8, 4) is 28.6 Å². The summed E-state index contributed by atoms with van der Waals surface area (Å²) in [4.78, 5) is 10.8. The van der Waals surface area contributed by atoms with E-state index in [0.29, 0.717) is 18.3 Å². The van der Waals surface area contributed by atoms with Gasteiger partial charge < -0.3 is 14.2 Å². The van der Waals surface area contributed by atoms with E-state index < -0.39 is 0 Å². The van der Waals surface area contributed by atoms with Crippen molar-refractivity contribution in [1.82, 2.24) is 20.0 Å². The molecule has 2 aromatic heterocycles. The second kappa shape index (κ2) is 8.39. The number of benzene rings is 1. The summed E-state index contributed by atoms with van der Waals surface area (Å²) >= 11 is 0. The highest BCUT2D eigenvalue weighted by atomic mass is 16.5. The quantitative estimate of drug-likeness (QED) is 0.626. The lowest BCUT2D eigenvalue weighted by atomic mass is 10.2. The molecule has 0 aliphatic rings. The second-order valence-electron chi connectivity index (χ2n) is 5.56. The third-order valence-corrected chi connectivity index (χ3v) is 4.02. The van der Waals surface area contributed by atoms with Crippen LogP contribution in [0.2, 0.25) is 0 Å². The molecule has 0 bridgehead atoms. The van der Waals surface area contributed by atoms with Gasteiger partial charge in [-0.2, -0.15) is 4.98 Å². The van der Waals surface area contributed by atoms with Crippen molar-refractivity contribution < 1.29 is 9.26 Å². The zero-order valence-corrected chi connectivity index (χ0v) is 14.6. The third-order valence-electron chi connectivity index (χ3n) is 4.02. The largest absolute Gasteiger partial charge is 0.492 e. The Morgan fingerprint density at radius 2 is 1.84 bits per heavy atom. The number of likely N-dealkylation sites (N-methyl/N-ethyl adjacent to an activating group) is 1. The fourth-order valence-corrected chi connectivity index (χ4v) is 2.48. The van der Waals surface area contributed by atoms with E-state index in [4.69, 9.17) is 9.26 Å². The van der Waals surface area contributed by atoms with Crippen molar-refractivity contribution in [2.45, 2.75) is 13.8 Å². The van der Waals surface area contributed by atoms with Gasteiger partial charge in [-0.1, -0.05) is 19.0 Å². The third kappa shape index (κ3) is 4.42. The molecule has 0 unspecified atom stereocenters. The normalized spacial score (nSPS) is 11.0. The molecule has 0 aliphatic carbocycles. The van der Waals surface area contributed by atoms with E-state index in [2.05, 4.69) is 33.9 Å². The molecule has 0 aliphatic heterocycles. The number of pyridine rings is 1. The summed E-state index contributed by atoms with van der Waals surface area (Å²) in [6.45, 7) is 7.99. The van der Waals surface area contributed by atoms with Gasteiger partial charge in [0.05, 0.1) is 5.56 Å². The summed E-state index contributed by atoms with van der Waals surface area (Å²) in [5.41, 5.74) is 1.69. The van der Waals surface area contributed by atoms with E-state index >= 15 is 0 Å². The number of aromatic nitrogens is 3. The van der Waals surface area contributed by atoms with Crippen LogP contribution in [0, 0.1) is 0 Å². The average Bonchev–Trinajstić information content (AvgIpc) is 3.17. The van der Waals surface area contributed by atoms with Crippen molar-refractivity contribution in [2.75, 3.05) is 26.2 Å². The molecule has 3 aromatic rings. The molecule has 6 nitrogen and oxygen atoms in total. The summed E-state index contributed by atoms with van der Waals surface area (Å²) in [6, 6.07) is 11.4. The highest BCUT2D eigenvalue weighted by Gasteiger charge is 2.10. The van der Waals surface area contributed by atoms with E-state index in [-0.39, 0.29) is 0 Å². The Hall–Kier alpha value is -2.73. The van der Waals surface area contributed by atoms with Gasteiger partial charge in [-0.3, -0.25) is 4.98 Å². The number of rotatable bonds is 8. The molecule has 0 radical (unpaired) electrons. The van der Waals surface area contributed by atoms with Gasteiger partial charge >= 0.3 is 0 Å². The van der Waals surface area contributed by atoms with Crippen LogP contribution in [0.5, 0.6) is 5.75 Å². The highest BCUT2D eigenvalue weighted by molar-refractivity contribution is 5.59. The number of nitrogens with zero attached hydrogens (tertiary/aromatic N) is 4. The fraction of sp³-hybridized carbons (Fsp3) is 0.316. The maximum Gasteiger partial charge on any atom is 0.259 e. The molecule has 1 aromatic carbocycles. The first-order valence-corrected chi connectivity index (χ1v) is 8.49. The summed E-state index contributed by atoms with van der Waals surface area (Å²) in [5.74, 6) is 1.85. The second-order valence-corrected chi connectivity index (χ2v) is 5.56.